The van der Waals surface area contributed by atoms with Gasteiger partial charge in [-0.25, -0.2) is 4.98 Å². The van der Waals surface area contributed by atoms with Gasteiger partial charge in [0.15, 0.2) is 0 Å². The molecule has 3 heteroatoms. The van der Waals surface area contributed by atoms with Crippen LogP contribution in [0.4, 0.5) is 0 Å². The number of nitrogens with zero attached hydrogens (tertiary/aromatic N) is 1. The maximum atomic E-state index is 5.33. The topological polar surface area (TPSA) is 28.7 Å². The third-order valence-electron chi connectivity index (χ3n) is 4.10. The lowest BCUT2D eigenvalue weighted by Crippen LogP contribution is -2.10. The summed E-state index contributed by atoms with van der Waals surface area (Å²) in [6.07, 6.45) is 3.96. The SMILES string of the molecule is CC(C)c1nc(=S)cc(-c2ccccc2C2CCC2)[nH]1. The van der Waals surface area contributed by atoms with Gasteiger partial charge in [0.2, 0.25) is 0 Å². The summed E-state index contributed by atoms with van der Waals surface area (Å²) in [5.41, 5.74) is 3.84. The Morgan fingerprint density at radius 2 is 2.00 bits per heavy atom. The number of aromatic nitrogens is 2. The third-order valence-corrected chi connectivity index (χ3v) is 4.31. The highest BCUT2D eigenvalue weighted by Gasteiger charge is 2.22. The monoisotopic (exact) mass is 284 g/mol. The molecule has 0 bridgehead atoms. The van der Waals surface area contributed by atoms with Crippen molar-refractivity contribution < 1.29 is 0 Å². The van der Waals surface area contributed by atoms with Crippen LogP contribution in [-0.2, 0) is 0 Å². The van der Waals surface area contributed by atoms with Crippen molar-refractivity contribution in [1.82, 2.24) is 9.97 Å². The standard InChI is InChI=1S/C17H20N2S/c1-11(2)17-18-15(10-16(20)19-17)14-9-4-3-8-13(14)12-6-5-7-12/h3-4,8-12H,5-7H2,1-2H3,(H,18,19,20). The molecule has 1 aromatic heterocycles. The van der Waals surface area contributed by atoms with Crippen molar-refractivity contribution in [3.8, 4) is 11.3 Å². The number of hydrogen-bond donors (Lipinski definition) is 1. The Morgan fingerprint density at radius 3 is 2.65 bits per heavy atom. The Morgan fingerprint density at radius 1 is 1.25 bits per heavy atom. The second-order valence-corrected chi connectivity index (χ2v) is 6.31. The second kappa shape index (κ2) is 5.49. The molecule has 2 aromatic rings. The van der Waals surface area contributed by atoms with Crippen LogP contribution in [0.3, 0.4) is 0 Å². The highest BCUT2D eigenvalue weighted by atomic mass is 32.1. The molecule has 1 aliphatic carbocycles. The average molecular weight is 284 g/mol. The molecule has 3 rings (SSSR count). The van der Waals surface area contributed by atoms with Crippen molar-refractivity contribution in [2.24, 2.45) is 0 Å². The van der Waals surface area contributed by atoms with Crippen LogP contribution in [0.25, 0.3) is 11.3 Å². The van der Waals surface area contributed by atoms with Gasteiger partial charge in [0.05, 0.1) is 0 Å². The molecular formula is C17H20N2S. The normalized spacial score (nSPS) is 15.3. The Kier molecular flexibility index (Phi) is 3.70. The molecule has 0 radical (unpaired) electrons. The van der Waals surface area contributed by atoms with Gasteiger partial charge in [0.1, 0.15) is 10.5 Å². The molecule has 1 aromatic carbocycles. The van der Waals surface area contributed by atoms with Crippen LogP contribution >= 0.6 is 12.2 Å². The number of H-pyrrole nitrogens is 1. The van der Waals surface area contributed by atoms with Crippen LogP contribution in [0.1, 0.15) is 56.3 Å². The molecule has 20 heavy (non-hydrogen) atoms. The Hall–Kier alpha value is -1.48. The van der Waals surface area contributed by atoms with Gasteiger partial charge in [-0.1, -0.05) is 56.8 Å². The number of aromatic amines is 1. The van der Waals surface area contributed by atoms with Crippen molar-refractivity contribution in [2.75, 3.05) is 0 Å². The van der Waals surface area contributed by atoms with Crippen molar-refractivity contribution in [1.29, 1.82) is 0 Å². The first-order valence-corrected chi connectivity index (χ1v) is 7.76. The molecule has 1 N–H and O–H groups in total. The minimum absolute atomic E-state index is 0.354. The van der Waals surface area contributed by atoms with Gasteiger partial charge in [-0.2, -0.15) is 0 Å². The largest absolute Gasteiger partial charge is 0.343 e. The van der Waals surface area contributed by atoms with Crippen molar-refractivity contribution in [3.63, 3.8) is 0 Å². The molecule has 104 valence electrons. The van der Waals surface area contributed by atoms with E-state index in [1.54, 1.807) is 0 Å². The number of benzene rings is 1. The van der Waals surface area contributed by atoms with Gasteiger partial charge in [0, 0.05) is 17.2 Å². The van der Waals surface area contributed by atoms with E-state index in [0.29, 0.717) is 16.5 Å². The summed E-state index contributed by atoms with van der Waals surface area (Å²) in [7, 11) is 0. The zero-order valence-corrected chi connectivity index (χ0v) is 12.8. The van der Waals surface area contributed by atoms with E-state index in [9.17, 15) is 0 Å². The summed E-state index contributed by atoms with van der Waals surface area (Å²) in [5.74, 6) is 2.03. The summed E-state index contributed by atoms with van der Waals surface area (Å²) >= 11 is 5.33. The minimum Gasteiger partial charge on any atom is -0.343 e. The number of nitrogens with one attached hydrogen (secondary N) is 1. The fourth-order valence-corrected chi connectivity index (χ4v) is 2.93. The summed E-state index contributed by atoms with van der Waals surface area (Å²) in [5, 5.41) is 0. The predicted molar refractivity (Wildman–Crippen MR) is 85.5 cm³/mol. The van der Waals surface area contributed by atoms with Crippen molar-refractivity contribution in [2.45, 2.75) is 44.9 Å². The first-order valence-electron chi connectivity index (χ1n) is 7.35. The van der Waals surface area contributed by atoms with E-state index in [2.05, 4.69) is 48.1 Å². The third kappa shape index (κ3) is 2.55. The summed E-state index contributed by atoms with van der Waals surface area (Å²) in [6.45, 7) is 4.27. The predicted octanol–water partition coefficient (Wildman–Crippen LogP) is 5.20. The molecule has 0 atom stereocenters. The molecule has 1 aliphatic rings. The average Bonchev–Trinajstić information content (AvgIpc) is 2.36. The maximum absolute atomic E-state index is 5.33. The first kappa shape index (κ1) is 13.5. The fourth-order valence-electron chi connectivity index (χ4n) is 2.71. The minimum atomic E-state index is 0.354. The van der Waals surface area contributed by atoms with E-state index in [1.807, 2.05) is 6.07 Å². The smallest absolute Gasteiger partial charge is 0.130 e. The molecule has 2 nitrogen and oxygen atoms in total. The molecule has 1 fully saturated rings. The van der Waals surface area contributed by atoms with Crippen LogP contribution in [0, 0.1) is 4.64 Å². The van der Waals surface area contributed by atoms with Crippen molar-refractivity contribution >= 4 is 12.2 Å². The fraction of sp³-hybridized carbons (Fsp3) is 0.412. The zero-order chi connectivity index (χ0) is 14.1. The van der Waals surface area contributed by atoms with Crippen LogP contribution in [0.5, 0.6) is 0 Å². The van der Waals surface area contributed by atoms with E-state index < -0.39 is 0 Å². The van der Waals surface area contributed by atoms with Crippen LogP contribution < -0.4 is 0 Å². The molecule has 0 saturated heterocycles. The Labute approximate surface area is 125 Å². The zero-order valence-electron chi connectivity index (χ0n) is 12.0. The van der Waals surface area contributed by atoms with Crippen LogP contribution in [-0.4, -0.2) is 9.97 Å². The van der Waals surface area contributed by atoms with Crippen molar-refractivity contribution in [3.05, 3.63) is 46.4 Å². The molecule has 1 saturated carbocycles. The number of rotatable bonds is 3. The Balaban J connectivity index is 2.11. The molecule has 0 amide bonds. The van der Waals surface area contributed by atoms with E-state index in [0.717, 1.165) is 11.5 Å². The molecule has 0 unspecified atom stereocenters. The lowest BCUT2D eigenvalue weighted by molar-refractivity contribution is 0.420. The van der Waals surface area contributed by atoms with Gasteiger partial charge in [-0.3, -0.25) is 0 Å². The summed E-state index contributed by atoms with van der Waals surface area (Å²) < 4.78 is 0.672. The van der Waals surface area contributed by atoms with Crippen LogP contribution in [0.2, 0.25) is 0 Å². The van der Waals surface area contributed by atoms with Crippen LogP contribution in [0.15, 0.2) is 30.3 Å². The summed E-state index contributed by atoms with van der Waals surface area (Å²) in [6, 6.07) is 10.7. The Bertz CT molecular complexity index is 669. The van der Waals surface area contributed by atoms with E-state index in [1.165, 1.54) is 30.4 Å². The quantitative estimate of drug-likeness (QED) is 0.785. The van der Waals surface area contributed by atoms with Gasteiger partial charge in [-0.05, 0) is 30.4 Å². The lowest BCUT2D eigenvalue weighted by Gasteiger charge is -2.28. The van der Waals surface area contributed by atoms with Gasteiger partial charge < -0.3 is 4.98 Å². The lowest BCUT2D eigenvalue weighted by atomic mass is 9.78. The first-order chi connectivity index (χ1) is 9.65. The molecule has 0 spiro atoms. The highest BCUT2D eigenvalue weighted by molar-refractivity contribution is 7.71. The molecule has 1 heterocycles. The van der Waals surface area contributed by atoms with Gasteiger partial charge in [0.25, 0.3) is 0 Å². The molecular weight excluding hydrogens is 264 g/mol. The van der Waals surface area contributed by atoms with E-state index in [4.69, 9.17) is 12.2 Å². The van der Waals surface area contributed by atoms with E-state index >= 15 is 0 Å². The van der Waals surface area contributed by atoms with E-state index in [-0.39, 0.29) is 0 Å². The number of hydrogen-bond acceptors (Lipinski definition) is 2. The highest BCUT2D eigenvalue weighted by Crippen LogP contribution is 2.40. The second-order valence-electron chi connectivity index (χ2n) is 5.89. The maximum Gasteiger partial charge on any atom is 0.130 e. The molecule has 0 aliphatic heterocycles. The summed E-state index contributed by atoms with van der Waals surface area (Å²) in [4.78, 5) is 7.89. The van der Waals surface area contributed by atoms with Gasteiger partial charge in [-0.15, -0.1) is 0 Å². The van der Waals surface area contributed by atoms with Gasteiger partial charge >= 0.3 is 0 Å².